The summed E-state index contributed by atoms with van der Waals surface area (Å²) in [5.74, 6) is 0. The van der Waals surface area contributed by atoms with E-state index in [4.69, 9.17) is 11.6 Å². The van der Waals surface area contributed by atoms with Gasteiger partial charge in [0, 0.05) is 16.8 Å². The highest BCUT2D eigenvalue weighted by Crippen LogP contribution is 2.31. The van der Waals surface area contributed by atoms with Crippen LogP contribution in [-0.2, 0) is 6.18 Å². The lowest BCUT2D eigenvalue weighted by molar-refractivity contribution is -0.137. The van der Waals surface area contributed by atoms with Gasteiger partial charge in [0.15, 0.2) is 0 Å². The molecule has 0 aliphatic heterocycles. The number of aromatic amines is 1. The summed E-state index contributed by atoms with van der Waals surface area (Å²) in [6.07, 6.45) is -4.56. The van der Waals surface area contributed by atoms with E-state index in [0.717, 1.165) is 11.6 Å². The zero-order valence-electron chi connectivity index (χ0n) is 9.81. The third-order valence-electron chi connectivity index (χ3n) is 2.65. The van der Waals surface area contributed by atoms with Gasteiger partial charge in [-0.15, -0.1) is 0 Å². The maximum atomic E-state index is 12.6. The summed E-state index contributed by atoms with van der Waals surface area (Å²) in [6.45, 7) is 1.78. The minimum absolute atomic E-state index is 0.0849. The van der Waals surface area contributed by atoms with Crippen molar-refractivity contribution in [2.24, 2.45) is 0 Å². The third-order valence-corrected chi connectivity index (χ3v) is 3.06. The predicted octanol–water partition coefficient (Wildman–Crippen LogP) is 4.02. The quantitative estimate of drug-likeness (QED) is 0.844. The Morgan fingerprint density at radius 1 is 1.16 bits per heavy atom. The number of hydrogen-bond donors (Lipinski definition) is 1. The van der Waals surface area contributed by atoms with Crippen LogP contribution in [0.1, 0.15) is 11.1 Å². The molecule has 0 saturated carbocycles. The molecule has 19 heavy (non-hydrogen) atoms. The van der Waals surface area contributed by atoms with Crippen LogP contribution in [0.4, 0.5) is 13.2 Å². The van der Waals surface area contributed by atoms with E-state index in [1.165, 1.54) is 6.07 Å². The van der Waals surface area contributed by atoms with Crippen LogP contribution < -0.4 is 5.56 Å². The van der Waals surface area contributed by atoms with Gasteiger partial charge in [0.05, 0.1) is 5.56 Å². The average molecular weight is 288 g/mol. The largest absolute Gasteiger partial charge is 0.416 e. The molecule has 1 aromatic heterocycles. The Morgan fingerprint density at radius 2 is 1.84 bits per heavy atom. The lowest BCUT2D eigenvalue weighted by atomic mass is 10.1. The molecular weight excluding hydrogens is 279 g/mol. The number of aromatic nitrogens is 1. The third kappa shape index (κ3) is 2.98. The van der Waals surface area contributed by atoms with Gasteiger partial charge in [-0.3, -0.25) is 4.79 Å². The fraction of sp³-hybridized carbons (Fsp3) is 0.154. The van der Waals surface area contributed by atoms with E-state index in [1.54, 1.807) is 19.1 Å². The maximum absolute atomic E-state index is 12.6. The van der Waals surface area contributed by atoms with E-state index < -0.39 is 17.3 Å². The van der Waals surface area contributed by atoms with Crippen LogP contribution in [0.15, 0.2) is 35.1 Å². The minimum Gasteiger partial charge on any atom is -0.322 e. The molecular formula is C13H9ClF3NO. The van der Waals surface area contributed by atoms with Crippen molar-refractivity contribution in [3.8, 4) is 11.3 Å². The van der Waals surface area contributed by atoms with E-state index in [9.17, 15) is 18.0 Å². The van der Waals surface area contributed by atoms with Crippen LogP contribution in [0.25, 0.3) is 11.3 Å². The molecule has 1 heterocycles. The standard InChI is InChI=1S/C13H9ClF3NO/c1-7-2-3-8(4-10(7)14)11-5-9(13(15,16)17)6-12(19)18-11/h2-6H,1H3,(H,18,19). The van der Waals surface area contributed by atoms with Gasteiger partial charge in [-0.2, -0.15) is 13.2 Å². The summed E-state index contributed by atoms with van der Waals surface area (Å²) < 4.78 is 37.9. The Hall–Kier alpha value is -1.75. The molecule has 0 aliphatic rings. The van der Waals surface area contributed by atoms with Crippen LogP contribution in [0.5, 0.6) is 0 Å². The Labute approximate surface area is 111 Å². The fourth-order valence-corrected chi connectivity index (χ4v) is 1.80. The van der Waals surface area contributed by atoms with Crippen molar-refractivity contribution in [2.45, 2.75) is 13.1 Å². The van der Waals surface area contributed by atoms with Crippen LogP contribution in [-0.4, -0.2) is 4.98 Å². The van der Waals surface area contributed by atoms with Crippen LogP contribution >= 0.6 is 11.6 Å². The van der Waals surface area contributed by atoms with Crippen LogP contribution in [0, 0.1) is 6.92 Å². The number of rotatable bonds is 1. The Morgan fingerprint density at radius 3 is 2.42 bits per heavy atom. The van der Waals surface area contributed by atoms with Gasteiger partial charge >= 0.3 is 6.18 Å². The zero-order valence-corrected chi connectivity index (χ0v) is 10.6. The molecule has 0 saturated heterocycles. The molecule has 0 radical (unpaired) electrons. The van der Waals surface area contributed by atoms with E-state index in [1.807, 2.05) is 0 Å². The summed E-state index contributed by atoms with van der Waals surface area (Å²) in [7, 11) is 0. The molecule has 2 nitrogen and oxygen atoms in total. The molecule has 0 fully saturated rings. The van der Waals surface area contributed by atoms with Crippen molar-refractivity contribution in [2.75, 3.05) is 0 Å². The van der Waals surface area contributed by atoms with Gasteiger partial charge in [0.2, 0.25) is 5.56 Å². The Balaban J connectivity index is 2.59. The Bertz CT molecular complexity index is 676. The molecule has 0 spiro atoms. The second-order valence-electron chi connectivity index (χ2n) is 4.11. The number of benzene rings is 1. The second-order valence-corrected chi connectivity index (χ2v) is 4.52. The van der Waals surface area contributed by atoms with Gasteiger partial charge in [-0.1, -0.05) is 23.7 Å². The molecule has 0 amide bonds. The molecule has 1 aromatic carbocycles. The molecule has 0 bridgehead atoms. The van der Waals surface area contributed by atoms with Gasteiger partial charge in [0.1, 0.15) is 0 Å². The number of alkyl halides is 3. The maximum Gasteiger partial charge on any atom is 0.416 e. The average Bonchev–Trinajstić information content (AvgIpc) is 2.31. The predicted molar refractivity (Wildman–Crippen MR) is 67.2 cm³/mol. The molecule has 100 valence electrons. The van der Waals surface area contributed by atoms with Crippen LogP contribution in [0.2, 0.25) is 5.02 Å². The molecule has 1 N–H and O–H groups in total. The van der Waals surface area contributed by atoms with Gasteiger partial charge in [-0.05, 0) is 30.2 Å². The number of pyridine rings is 1. The molecule has 0 aliphatic carbocycles. The fourth-order valence-electron chi connectivity index (χ4n) is 1.62. The van der Waals surface area contributed by atoms with Gasteiger partial charge in [-0.25, -0.2) is 0 Å². The first-order valence-corrected chi connectivity index (χ1v) is 5.73. The number of nitrogens with one attached hydrogen (secondary N) is 1. The van der Waals surface area contributed by atoms with Crippen molar-refractivity contribution in [3.63, 3.8) is 0 Å². The summed E-state index contributed by atoms with van der Waals surface area (Å²) in [6, 6.07) is 6.22. The summed E-state index contributed by atoms with van der Waals surface area (Å²) in [5.41, 5.74) is -0.468. The second kappa shape index (κ2) is 4.74. The highest BCUT2D eigenvalue weighted by molar-refractivity contribution is 6.31. The molecule has 0 unspecified atom stereocenters. The molecule has 6 heteroatoms. The minimum atomic E-state index is -4.56. The molecule has 0 atom stereocenters. The summed E-state index contributed by atoms with van der Waals surface area (Å²) >= 11 is 5.92. The summed E-state index contributed by atoms with van der Waals surface area (Å²) in [4.78, 5) is 13.7. The van der Waals surface area contributed by atoms with Crippen molar-refractivity contribution >= 4 is 11.6 Å². The zero-order chi connectivity index (χ0) is 14.2. The highest BCUT2D eigenvalue weighted by atomic mass is 35.5. The number of hydrogen-bond acceptors (Lipinski definition) is 1. The Kier molecular flexibility index (Phi) is 3.41. The van der Waals surface area contributed by atoms with Crippen molar-refractivity contribution in [3.05, 3.63) is 56.8 Å². The monoisotopic (exact) mass is 287 g/mol. The molecule has 2 rings (SSSR count). The lowest BCUT2D eigenvalue weighted by Crippen LogP contribution is -2.13. The normalized spacial score (nSPS) is 11.6. The first-order valence-electron chi connectivity index (χ1n) is 5.35. The smallest absolute Gasteiger partial charge is 0.322 e. The van der Waals surface area contributed by atoms with Crippen LogP contribution in [0.3, 0.4) is 0 Å². The first-order chi connectivity index (χ1) is 8.77. The SMILES string of the molecule is Cc1ccc(-c2cc(C(F)(F)F)cc(=O)[nH]2)cc1Cl. The number of aryl methyl sites for hydroxylation is 1. The lowest BCUT2D eigenvalue weighted by Gasteiger charge is -2.09. The van der Waals surface area contributed by atoms with Crippen molar-refractivity contribution < 1.29 is 13.2 Å². The molecule has 2 aromatic rings. The van der Waals surface area contributed by atoms with E-state index in [2.05, 4.69) is 4.98 Å². The number of halogens is 4. The highest BCUT2D eigenvalue weighted by Gasteiger charge is 2.31. The van der Waals surface area contributed by atoms with Crippen molar-refractivity contribution in [1.82, 2.24) is 4.98 Å². The first kappa shape index (κ1) is 13.7. The van der Waals surface area contributed by atoms with Gasteiger partial charge in [0.25, 0.3) is 0 Å². The number of H-pyrrole nitrogens is 1. The van der Waals surface area contributed by atoms with E-state index >= 15 is 0 Å². The topological polar surface area (TPSA) is 32.9 Å². The van der Waals surface area contributed by atoms with Gasteiger partial charge < -0.3 is 4.98 Å². The van der Waals surface area contributed by atoms with E-state index in [0.29, 0.717) is 16.7 Å². The van der Waals surface area contributed by atoms with E-state index in [-0.39, 0.29) is 5.69 Å². The summed E-state index contributed by atoms with van der Waals surface area (Å²) in [5, 5.41) is 0.427. The van der Waals surface area contributed by atoms with Crippen molar-refractivity contribution in [1.29, 1.82) is 0 Å².